The van der Waals surface area contributed by atoms with Gasteiger partial charge < -0.3 is 11.5 Å². The molecule has 2 nitrogen and oxygen atoms in total. The lowest BCUT2D eigenvalue weighted by atomic mass is 9.62. The number of hydrogen-bond acceptors (Lipinski definition) is 2. The van der Waals surface area contributed by atoms with Crippen LogP contribution in [0.1, 0.15) is 138 Å². The molecule has 2 heteroatoms. The molecule has 0 aliphatic heterocycles. The molecule has 0 saturated heterocycles. The average molecular weight is 479 g/mol. The molecule has 0 aliphatic carbocycles. The topological polar surface area (TPSA) is 52.0 Å². The van der Waals surface area contributed by atoms with Gasteiger partial charge in [0.2, 0.25) is 0 Å². The van der Waals surface area contributed by atoms with Crippen molar-refractivity contribution in [3.05, 3.63) is 56.6 Å². The fraction of sp³-hybridized carbons (Fsp3) is 0.636. The third-order valence-electron chi connectivity index (χ3n) is 8.21. The Morgan fingerprint density at radius 3 is 1.51 bits per heavy atom. The highest BCUT2D eigenvalue weighted by molar-refractivity contribution is 5.68. The van der Waals surface area contributed by atoms with Crippen LogP contribution >= 0.6 is 0 Å². The van der Waals surface area contributed by atoms with Crippen LogP contribution in [0.4, 0.5) is 11.4 Å². The normalized spacial score (nSPS) is 11.9. The molecule has 2 rings (SSSR count). The van der Waals surface area contributed by atoms with Crippen LogP contribution in [0.5, 0.6) is 0 Å². The van der Waals surface area contributed by atoms with E-state index in [1.165, 1.54) is 59.1 Å². The maximum absolute atomic E-state index is 6.99. The summed E-state index contributed by atoms with van der Waals surface area (Å²) in [4.78, 5) is 0. The molecule has 35 heavy (non-hydrogen) atoms. The first-order chi connectivity index (χ1) is 16.9. The van der Waals surface area contributed by atoms with Gasteiger partial charge in [-0.1, -0.05) is 87.1 Å². The molecule has 0 unspecified atom stereocenters. The van der Waals surface area contributed by atoms with Gasteiger partial charge >= 0.3 is 0 Å². The summed E-state index contributed by atoms with van der Waals surface area (Å²) in [5, 5.41) is 0. The zero-order valence-electron chi connectivity index (χ0n) is 24.3. The first-order valence-electron chi connectivity index (χ1n) is 14.7. The largest absolute Gasteiger partial charge is 0.398 e. The van der Waals surface area contributed by atoms with Crippen molar-refractivity contribution in [2.24, 2.45) is 0 Å². The Kier molecular flexibility index (Phi) is 11.2. The molecule has 0 amide bonds. The van der Waals surface area contributed by atoms with Gasteiger partial charge in [0, 0.05) is 16.8 Å². The number of nitrogens with two attached hydrogens (primary N) is 2. The molecule has 0 bridgehead atoms. The van der Waals surface area contributed by atoms with E-state index in [-0.39, 0.29) is 5.41 Å². The van der Waals surface area contributed by atoms with Crippen molar-refractivity contribution < 1.29 is 0 Å². The highest BCUT2D eigenvalue weighted by Crippen LogP contribution is 2.50. The van der Waals surface area contributed by atoms with E-state index < -0.39 is 0 Å². The predicted octanol–water partition coefficient (Wildman–Crippen LogP) is 8.89. The number of nitrogen functional groups attached to an aromatic ring is 2. The Morgan fingerprint density at radius 2 is 1.06 bits per heavy atom. The smallest absolute Gasteiger partial charge is 0.0384 e. The minimum atomic E-state index is 0.00240. The molecule has 0 spiro atoms. The zero-order chi connectivity index (χ0) is 26.2. The molecule has 0 aliphatic rings. The Hall–Kier alpha value is -1.96. The van der Waals surface area contributed by atoms with E-state index >= 15 is 0 Å². The molecule has 0 saturated carbocycles. The van der Waals surface area contributed by atoms with E-state index in [4.69, 9.17) is 11.5 Å². The van der Waals surface area contributed by atoms with Gasteiger partial charge in [-0.25, -0.2) is 0 Å². The van der Waals surface area contributed by atoms with Gasteiger partial charge in [0.1, 0.15) is 0 Å². The van der Waals surface area contributed by atoms with Crippen LogP contribution < -0.4 is 11.5 Å². The SMILES string of the molecule is CCCc1c(N)c(CC)c(CC)c(C(CCC)(CCC)c2ccc(N)c(CC)c2CC)c1CCC. The number of rotatable bonds is 14. The predicted molar refractivity (Wildman–Crippen MR) is 158 cm³/mol. The van der Waals surface area contributed by atoms with E-state index in [9.17, 15) is 0 Å². The van der Waals surface area contributed by atoms with Crippen molar-refractivity contribution in [3.63, 3.8) is 0 Å². The fourth-order valence-electron chi connectivity index (χ4n) is 7.04. The van der Waals surface area contributed by atoms with Crippen molar-refractivity contribution in [1.29, 1.82) is 0 Å². The van der Waals surface area contributed by atoms with Crippen LogP contribution in [0.2, 0.25) is 0 Å². The first-order valence-corrected chi connectivity index (χ1v) is 14.7. The molecular formula is C33H54N2. The summed E-state index contributed by atoms with van der Waals surface area (Å²) < 4.78 is 0. The van der Waals surface area contributed by atoms with Crippen molar-refractivity contribution in [3.8, 4) is 0 Å². The van der Waals surface area contributed by atoms with E-state index in [0.29, 0.717) is 0 Å². The van der Waals surface area contributed by atoms with Crippen LogP contribution in [0.3, 0.4) is 0 Å². The number of anilines is 2. The van der Waals surface area contributed by atoms with Crippen molar-refractivity contribution in [2.45, 2.75) is 138 Å². The first kappa shape index (κ1) is 29.3. The van der Waals surface area contributed by atoms with Gasteiger partial charge in [-0.3, -0.25) is 0 Å². The molecule has 4 N–H and O–H groups in total. The second kappa shape index (κ2) is 13.4. The quantitative estimate of drug-likeness (QED) is 0.266. The molecular weight excluding hydrogens is 424 g/mol. The second-order valence-corrected chi connectivity index (χ2v) is 10.4. The van der Waals surface area contributed by atoms with Gasteiger partial charge in [-0.15, -0.1) is 0 Å². The third kappa shape index (κ3) is 5.42. The average Bonchev–Trinajstić information content (AvgIpc) is 2.85. The summed E-state index contributed by atoms with van der Waals surface area (Å²) in [7, 11) is 0. The minimum absolute atomic E-state index is 0.00240. The van der Waals surface area contributed by atoms with Crippen molar-refractivity contribution in [1.82, 2.24) is 0 Å². The summed E-state index contributed by atoms with van der Waals surface area (Å²) in [6.45, 7) is 18.6. The lowest BCUT2D eigenvalue weighted by Gasteiger charge is -2.42. The van der Waals surface area contributed by atoms with Gasteiger partial charge in [0.15, 0.2) is 0 Å². The maximum Gasteiger partial charge on any atom is 0.0384 e. The van der Waals surface area contributed by atoms with E-state index in [2.05, 4.69) is 67.5 Å². The minimum Gasteiger partial charge on any atom is -0.398 e. The fourth-order valence-corrected chi connectivity index (χ4v) is 7.04. The Bertz CT molecular complexity index is 964. The van der Waals surface area contributed by atoms with Crippen LogP contribution in [0.15, 0.2) is 12.1 Å². The maximum atomic E-state index is 6.99. The summed E-state index contributed by atoms with van der Waals surface area (Å²) in [5.41, 5.74) is 27.6. The van der Waals surface area contributed by atoms with E-state index in [1.807, 2.05) is 0 Å². The molecule has 0 heterocycles. The zero-order valence-corrected chi connectivity index (χ0v) is 24.3. The Balaban J connectivity index is 3.22. The van der Waals surface area contributed by atoms with Gasteiger partial charge in [0.25, 0.3) is 0 Å². The number of benzene rings is 2. The second-order valence-electron chi connectivity index (χ2n) is 10.4. The third-order valence-corrected chi connectivity index (χ3v) is 8.21. The van der Waals surface area contributed by atoms with Crippen LogP contribution in [0, 0.1) is 0 Å². The van der Waals surface area contributed by atoms with E-state index in [0.717, 1.165) is 62.7 Å². The Labute approximate surface area is 217 Å². The van der Waals surface area contributed by atoms with Crippen molar-refractivity contribution in [2.75, 3.05) is 11.5 Å². The molecule has 0 fully saturated rings. The van der Waals surface area contributed by atoms with Gasteiger partial charge in [-0.2, -0.15) is 0 Å². The molecule has 0 radical (unpaired) electrons. The lowest BCUT2D eigenvalue weighted by molar-refractivity contribution is 0.415. The number of hydrogen-bond donors (Lipinski definition) is 2. The molecule has 2 aromatic carbocycles. The molecule has 0 atom stereocenters. The van der Waals surface area contributed by atoms with Crippen LogP contribution in [-0.4, -0.2) is 0 Å². The van der Waals surface area contributed by atoms with Crippen LogP contribution in [0.25, 0.3) is 0 Å². The van der Waals surface area contributed by atoms with Crippen molar-refractivity contribution >= 4 is 11.4 Å². The highest BCUT2D eigenvalue weighted by atomic mass is 14.6. The summed E-state index contributed by atoms with van der Waals surface area (Å²) in [5.74, 6) is 0. The lowest BCUT2D eigenvalue weighted by Crippen LogP contribution is -2.34. The highest BCUT2D eigenvalue weighted by Gasteiger charge is 2.40. The van der Waals surface area contributed by atoms with Crippen LogP contribution in [-0.2, 0) is 43.9 Å². The summed E-state index contributed by atoms with van der Waals surface area (Å²) >= 11 is 0. The summed E-state index contributed by atoms with van der Waals surface area (Å²) in [6, 6.07) is 4.60. The van der Waals surface area contributed by atoms with E-state index in [1.54, 1.807) is 11.1 Å². The standard InChI is InChI=1S/C33H54N2/c1-9-17-27-28(18-10-2)32(35)26(16-8)25(15-7)31(27)33(21-11-3,22-12-4)29-19-20-30(34)24(14-6)23(29)13-5/h19-20H,9-18,21-22,34-35H2,1-8H3. The molecule has 2 aromatic rings. The molecule has 0 aromatic heterocycles. The monoisotopic (exact) mass is 478 g/mol. The van der Waals surface area contributed by atoms with Gasteiger partial charge in [0.05, 0.1) is 0 Å². The van der Waals surface area contributed by atoms with Gasteiger partial charge in [-0.05, 0) is 102 Å². The molecule has 196 valence electrons. The summed E-state index contributed by atoms with van der Waals surface area (Å²) in [6.07, 6.45) is 13.2. The Morgan fingerprint density at radius 1 is 0.543 bits per heavy atom.